The molecule has 0 saturated heterocycles. The molecule has 0 N–H and O–H groups in total. The number of hydrogen-bond donors (Lipinski definition) is 0. The molecule has 7 heteroatoms. The van der Waals surface area contributed by atoms with Gasteiger partial charge in [-0.05, 0) is 111 Å². The molecule has 7 heterocycles. The first-order valence-corrected chi connectivity index (χ1v) is 21.8. The van der Waals surface area contributed by atoms with E-state index in [1.54, 1.807) is 0 Å². The first kappa shape index (κ1) is 31.9. The van der Waals surface area contributed by atoms with Crippen LogP contribution in [0.2, 0.25) is 0 Å². The zero-order valence-electron chi connectivity index (χ0n) is 27.8. The van der Waals surface area contributed by atoms with Crippen molar-refractivity contribution in [1.82, 2.24) is 0 Å². The van der Waals surface area contributed by atoms with Crippen molar-refractivity contribution in [2.24, 2.45) is 0 Å². The van der Waals surface area contributed by atoms with Crippen molar-refractivity contribution in [1.29, 1.82) is 0 Å². The van der Waals surface area contributed by atoms with Gasteiger partial charge in [-0.2, -0.15) is 0 Å². The van der Waals surface area contributed by atoms with E-state index >= 15 is 0 Å². The maximum atomic E-state index is 2.51. The Kier molecular flexibility index (Phi) is 8.28. The molecule has 0 aliphatic heterocycles. The summed E-state index contributed by atoms with van der Waals surface area (Å²) >= 11 is 13.7. The lowest BCUT2D eigenvalue weighted by Gasteiger charge is -2.09. The second-order valence-electron chi connectivity index (χ2n) is 13.1. The molecule has 238 valence electrons. The lowest BCUT2D eigenvalue weighted by Crippen LogP contribution is -1.81. The molecule has 8 aromatic rings. The molecule has 0 atom stereocenters. The fourth-order valence-corrected chi connectivity index (χ4v) is 14.5. The smallest absolute Gasteiger partial charge is 0.0478 e. The maximum absolute atomic E-state index is 2.51. The summed E-state index contributed by atoms with van der Waals surface area (Å²) < 4.78 is 2.86. The van der Waals surface area contributed by atoms with E-state index in [0.29, 0.717) is 11.8 Å². The van der Waals surface area contributed by atoms with E-state index in [2.05, 4.69) is 116 Å². The first-order valence-electron chi connectivity index (χ1n) is 16.0. The van der Waals surface area contributed by atoms with Crippen LogP contribution in [0.1, 0.15) is 70.2 Å². The summed E-state index contributed by atoms with van der Waals surface area (Å²) in [5.74, 6) is 1.07. The summed E-state index contributed by atoms with van der Waals surface area (Å²) in [7, 11) is 0. The van der Waals surface area contributed by atoms with Crippen LogP contribution in [0.5, 0.6) is 0 Å². The minimum absolute atomic E-state index is 0.503. The Labute approximate surface area is 305 Å². The van der Waals surface area contributed by atoms with E-state index in [9.17, 15) is 0 Å². The third-order valence-electron chi connectivity index (χ3n) is 8.74. The van der Waals surface area contributed by atoms with Gasteiger partial charge in [-0.15, -0.1) is 79.4 Å². The number of aryl methyl sites for hydroxylation is 4. The van der Waals surface area contributed by atoms with Gasteiger partial charge in [-0.1, -0.05) is 27.7 Å². The average Bonchev–Trinajstić information content (AvgIpc) is 3.86. The lowest BCUT2D eigenvalue weighted by molar-refractivity contribution is 0.889. The molecule has 0 radical (unpaired) electrons. The SMILES string of the molecule is Cc1ccc(-c2c3cc(C(C)C)sc3c(-c3ccc(C)s3)c3cc(-c4cc(C)c(-c5ccc(-c6sc(C(C)C)cc6C)s5)s4)sc23)s1. The van der Waals surface area contributed by atoms with Gasteiger partial charge in [0.25, 0.3) is 0 Å². The highest BCUT2D eigenvalue weighted by Crippen LogP contribution is 2.54. The molecule has 0 aliphatic rings. The van der Waals surface area contributed by atoms with E-state index in [-0.39, 0.29) is 0 Å². The minimum atomic E-state index is 0.503. The summed E-state index contributed by atoms with van der Waals surface area (Å²) in [6, 6.07) is 23.8. The van der Waals surface area contributed by atoms with Crippen molar-refractivity contribution in [2.75, 3.05) is 0 Å². The normalized spacial score (nSPS) is 12.2. The predicted molar refractivity (Wildman–Crippen MR) is 221 cm³/mol. The van der Waals surface area contributed by atoms with Crippen molar-refractivity contribution in [3.05, 3.63) is 91.3 Å². The third-order valence-corrected chi connectivity index (χ3v) is 17.8. The molecule has 0 bridgehead atoms. The van der Waals surface area contributed by atoms with Gasteiger partial charge in [-0.25, -0.2) is 0 Å². The molecule has 0 aliphatic carbocycles. The Bertz CT molecular complexity index is 2320. The molecule has 8 rings (SSSR count). The zero-order chi connectivity index (χ0) is 32.7. The van der Waals surface area contributed by atoms with E-state index in [4.69, 9.17) is 0 Å². The van der Waals surface area contributed by atoms with Crippen molar-refractivity contribution >= 4 is 99.5 Å². The number of hydrogen-bond acceptors (Lipinski definition) is 7. The summed E-state index contributed by atoms with van der Waals surface area (Å²) in [6.07, 6.45) is 0. The maximum Gasteiger partial charge on any atom is 0.0478 e. The summed E-state index contributed by atoms with van der Waals surface area (Å²) in [4.78, 5) is 16.8. The molecule has 0 nitrogen and oxygen atoms in total. The monoisotopic (exact) mass is 740 g/mol. The van der Waals surface area contributed by atoms with Crippen LogP contribution in [0.4, 0.5) is 0 Å². The molecular formula is C40H36S7. The second-order valence-corrected chi connectivity index (χ2v) is 21.0. The standard InChI is InChI=1S/C40H36S7/c1-19(2)31-15-21(5)37(44-31)29-13-14-30(43-29)38-22(6)16-33(46-38)34-18-26-36(28-12-10-24(8)42-28)39-25(17-32(45-39)20(3)4)35(40(26)47-34)27-11-9-23(7)41-27/h9-20H,1-8H3. The van der Waals surface area contributed by atoms with Gasteiger partial charge in [0.1, 0.15) is 0 Å². The molecule has 0 spiro atoms. The Hall–Kier alpha value is -2.36. The third kappa shape index (κ3) is 5.56. The Morgan fingerprint density at radius 2 is 0.894 bits per heavy atom. The van der Waals surface area contributed by atoms with Gasteiger partial charge >= 0.3 is 0 Å². The number of fused-ring (bicyclic) bond motifs is 2. The number of thiophene rings is 7. The first-order chi connectivity index (χ1) is 22.5. The zero-order valence-corrected chi connectivity index (χ0v) is 33.5. The highest BCUT2D eigenvalue weighted by Gasteiger charge is 2.25. The van der Waals surface area contributed by atoms with Crippen molar-refractivity contribution in [2.45, 2.75) is 67.2 Å². The van der Waals surface area contributed by atoms with Gasteiger partial charge in [0.2, 0.25) is 0 Å². The minimum Gasteiger partial charge on any atom is -0.141 e. The van der Waals surface area contributed by atoms with Crippen LogP contribution in [-0.2, 0) is 0 Å². The molecule has 47 heavy (non-hydrogen) atoms. The van der Waals surface area contributed by atoms with Crippen LogP contribution < -0.4 is 0 Å². The Morgan fingerprint density at radius 3 is 1.45 bits per heavy atom. The van der Waals surface area contributed by atoms with Crippen LogP contribution in [0.3, 0.4) is 0 Å². The molecule has 1 aromatic carbocycles. The summed E-state index contributed by atoms with van der Waals surface area (Å²) in [5.41, 5.74) is 5.61. The average molecular weight is 741 g/mol. The van der Waals surface area contributed by atoms with E-state index in [0.717, 1.165) is 0 Å². The fraction of sp³-hybridized carbons (Fsp3) is 0.250. The highest BCUT2D eigenvalue weighted by atomic mass is 32.1. The summed E-state index contributed by atoms with van der Waals surface area (Å²) in [5, 5.41) is 2.82. The molecular weight excluding hydrogens is 705 g/mol. The number of rotatable bonds is 7. The molecule has 0 saturated carbocycles. The van der Waals surface area contributed by atoms with E-state index in [1.807, 2.05) is 79.4 Å². The van der Waals surface area contributed by atoms with Gasteiger partial charge in [0.05, 0.1) is 0 Å². The highest BCUT2D eigenvalue weighted by molar-refractivity contribution is 7.30. The molecule has 0 unspecified atom stereocenters. The van der Waals surface area contributed by atoms with Crippen molar-refractivity contribution in [3.8, 4) is 50.1 Å². The van der Waals surface area contributed by atoms with Gasteiger partial charge in [0.15, 0.2) is 0 Å². The van der Waals surface area contributed by atoms with Crippen LogP contribution >= 0.6 is 79.4 Å². The second kappa shape index (κ2) is 12.2. The number of benzene rings is 1. The van der Waals surface area contributed by atoms with Crippen molar-refractivity contribution < 1.29 is 0 Å². The van der Waals surface area contributed by atoms with Gasteiger partial charge in [0, 0.05) is 89.8 Å². The van der Waals surface area contributed by atoms with Crippen LogP contribution in [0.25, 0.3) is 70.3 Å². The molecule has 0 amide bonds. The van der Waals surface area contributed by atoms with E-state index < -0.39 is 0 Å². The van der Waals surface area contributed by atoms with Crippen molar-refractivity contribution in [3.63, 3.8) is 0 Å². The van der Waals surface area contributed by atoms with Gasteiger partial charge < -0.3 is 0 Å². The quantitative estimate of drug-likeness (QED) is 0.153. The lowest BCUT2D eigenvalue weighted by atomic mass is 9.99. The summed E-state index contributed by atoms with van der Waals surface area (Å²) in [6.45, 7) is 18.2. The van der Waals surface area contributed by atoms with E-state index in [1.165, 1.54) is 101 Å². The predicted octanol–water partition coefficient (Wildman–Crippen LogP) is 16.2. The Morgan fingerprint density at radius 1 is 0.404 bits per heavy atom. The Balaban J connectivity index is 1.31. The van der Waals surface area contributed by atoms with Crippen LogP contribution in [0.15, 0.2) is 60.7 Å². The largest absolute Gasteiger partial charge is 0.141 e. The van der Waals surface area contributed by atoms with Crippen LogP contribution in [-0.4, -0.2) is 0 Å². The fourth-order valence-electron chi connectivity index (χ4n) is 6.29. The molecule has 7 aromatic heterocycles. The molecule has 0 fully saturated rings. The van der Waals surface area contributed by atoms with Gasteiger partial charge in [-0.3, -0.25) is 0 Å². The topological polar surface area (TPSA) is 0 Å². The van der Waals surface area contributed by atoms with Crippen LogP contribution in [0, 0.1) is 27.7 Å².